The van der Waals surface area contributed by atoms with Gasteiger partial charge in [0.2, 0.25) is 5.91 Å². The third-order valence-corrected chi connectivity index (χ3v) is 3.60. The molecule has 0 aliphatic carbocycles. The summed E-state index contributed by atoms with van der Waals surface area (Å²) in [5.41, 5.74) is 1.10. The van der Waals surface area contributed by atoms with Gasteiger partial charge in [0, 0.05) is 16.9 Å². The number of hydrogen-bond donors (Lipinski definition) is 2. The number of rotatable bonds is 6. The van der Waals surface area contributed by atoms with Crippen LogP contribution in [0.3, 0.4) is 0 Å². The van der Waals surface area contributed by atoms with E-state index in [9.17, 15) is 4.79 Å². The predicted octanol–water partition coefficient (Wildman–Crippen LogP) is 2.87. The highest BCUT2D eigenvalue weighted by Crippen LogP contribution is 2.22. The van der Waals surface area contributed by atoms with E-state index in [0.717, 1.165) is 16.6 Å². The lowest BCUT2D eigenvalue weighted by Gasteiger charge is -2.19. The number of nitrogens with one attached hydrogen (secondary N) is 2. The first kappa shape index (κ1) is 15.2. The van der Waals surface area contributed by atoms with Crippen molar-refractivity contribution < 1.29 is 4.79 Å². The molecule has 1 rings (SSSR count). The van der Waals surface area contributed by atoms with Gasteiger partial charge in [0.05, 0.1) is 6.04 Å². The summed E-state index contributed by atoms with van der Waals surface area (Å²) in [6, 6.07) is 7.96. The number of hydrogen-bond acceptors (Lipinski definition) is 2. The lowest BCUT2D eigenvalue weighted by molar-refractivity contribution is -0.125. The van der Waals surface area contributed by atoms with Crippen molar-refractivity contribution in [3.8, 4) is 0 Å². The van der Waals surface area contributed by atoms with Crippen LogP contribution >= 0.6 is 15.9 Å². The fourth-order valence-corrected chi connectivity index (χ4v) is 2.34. The molecule has 0 saturated heterocycles. The number of amides is 1. The fourth-order valence-electron chi connectivity index (χ4n) is 1.71. The molecular weight excluding hydrogens is 292 g/mol. The van der Waals surface area contributed by atoms with E-state index in [1.165, 1.54) is 0 Å². The van der Waals surface area contributed by atoms with Crippen LogP contribution in [0.25, 0.3) is 0 Å². The summed E-state index contributed by atoms with van der Waals surface area (Å²) in [5, 5.41) is 6.22. The molecule has 1 amide bonds. The highest BCUT2D eigenvalue weighted by atomic mass is 79.9. The van der Waals surface area contributed by atoms with E-state index in [-0.39, 0.29) is 17.9 Å². The largest absolute Gasteiger partial charge is 0.349 e. The van der Waals surface area contributed by atoms with Crippen LogP contribution in [0.5, 0.6) is 0 Å². The first-order valence-corrected chi connectivity index (χ1v) is 7.11. The van der Waals surface area contributed by atoms with Crippen LogP contribution in [0.4, 0.5) is 0 Å². The Balaban J connectivity index is 2.57. The Bertz CT molecular complexity index is 395. The molecule has 0 bridgehead atoms. The Morgan fingerprint density at radius 3 is 2.61 bits per heavy atom. The van der Waals surface area contributed by atoms with Crippen LogP contribution in [0.15, 0.2) is 28.7 Å². The molecule has 1 unspecified atom stereocenters. The molecule has 100 valence electrons. The van der Waals surface area contributed by atoms with Crippen LogP contribution < -0.4 is 10.6 Å². The van der Waals surface area contributed by atoms with Crippen molar-refractivity contribution in [2.24, 2.45) is 5.92 Å². The van der Waals surface area contributed by atoms with E-state index in [0.29, 0.717) is 6.54 Å². The normalized spacial score (nSPS) is 14.0. The maximum absolute atomic E-state index is 12.0. The summed E-state index contributed by atoms with van der Waals surface area (Å²) in [5.74, 6) is 0.0640. The summed E-state index contributed by atoms with van der Waals surface area (Å²) >= 11 is 3.50. The summed E-state index contributed by atoms with van der Waals surface area (Å²) in [6.07, 6.45) is 0. The second-order valence-corrected chi connectivity index (χ2v) is 5.31. The number of benzene rings is 1. The van der Waals surface area contributed by atoms with Gasteiger partial charge in [0.1, 0.15) is 0 Å². The third kappa shape index (κ3) is 4.42. The molecule has 0 aromatic heterocycles. The molecule has 0 aliphatic heterocycles. The monoisotopic (exact) mass is 312 g/mol. The van der Waals surface area contributed by atoms with E-state index in [1.54, 1.807) is 0 Å². The minimum Gasteiger partial charge on any atom is -0.349 e. The summed E-state index contributed by atoms with van der Waals surface area (Å²) in [6.45, 7) is 7.57. The van der Waals surface area contributed by atoms with Crippen molar-refractivity contribution in [3.05, 3.63) is 34.3 Å². The number of halogens is 1. The van der Waals surface area contributed by atoms with Crippen molar-refractivity contribution in [3.63, 3.8) is 0 Å². The van der Waals surface area contributed by atoms with E-state index in [4.69, 9.17) is 0 Å². The Labute approximate surface area is 117 Å². The van der Waals surface area contributed by atoms with Gasteiger partial charge in [0.25, 0.3) is 0 Å². The molecule has 4 heteroatoms. The second-order valence-electron chi connectivity index (χ2n) is 4.46. The molecule has 2 N–H and O–H groups in total. The van der Waals surface area contributed by atoms with Crippen LogP contribution in [0.1, 0.15) is 32.4 Å². The highest BCUT2D eigenvalue weighted by Gasteiger charge is 2.16. The highest BCUT2D eigenvalue weighted by molar-refractivity contribution is 9.10. The van der Waals surface area contributed by atoms with E-state index < -0.39 is 0 Å². The van der Waals surface area contributed by atoms with Crippen LogP contribution in [0.2, 0.25) is 0 Å². The number of carbonyl (C=O) groups is 1. The lowest BCUT2D eigenvalue weighted by atomic mass is 10.1. The van der Waals surface area contributed by atoms with Crippen molar-refractivity contribution >= 4 is 21.8 Å². The van der Waals surface area contributed by atoms with Crippen molar-refractivity contribution in [2.45, 2.75) is 26.8 Å². The summed E-state index contributed by atoms with van der Waals surface area (Å²) < 4.78 is 1.03. The minimum absolute atomic E-state index is 0.0113. The topological polar surface area (TPSA) is 41.1 Å². The zero-order valence-electron chi connectivity index (χ0n) is 11.2. The maximum atomic E-state index is 12.0. The van der Waals surface area contributed by atoms with Gasteiger partial charge in [-0.1, -0.05) is 48.0 Å². The van der Waals surface area contributed by atoms with Gasteiger partial charge in [-0.15, -0.1) is 0 Å². The molecule has 1 aromatic carbocycles. The molecule has 0 heterocycles. The zero-order valence-corrected chi connectivity index (χ0v) is 12.8. The molecule has 3 nitrogen and oxygen atoms in total. The second kappa shape index (κ2) is 7.54. The Morgan fingerprint density at radius 2 is 2.00 bits per heavy atom. The van der Waals surface area contributed by atoms with Gasteiger partial charge in [-0.2, -0.15) is 0 Å². The average Bonchev–Trinajstić information content (AvgIpc) is 2.36. The lowest BCUT2D eigenvalue weighted by Crippen LogP contribution is -2.36. The summed E-state index contributed by atoms with van der Waals surface area (Å²) in [4.78, 5) is 12.0. The quantitative estimate of drug-likeness (QED) is 0.848. The first-order valence-electron chi connectivity index (χ1n) is 6.31. The van der Waals surface area contributed by atoms with Gasteiger partial charge >= 0.3 is 0 Å². The fraction of sp³-hybridized carbons (Fsp3) is 0.500. The van der Waals surface area contributed by atoms with Gasteiger partial charge in [-0.25, -0.2) is 0 Å². The predicted molar refractivity (Wildman–Crippen MR) is 78.4 cm³/mol. The zero-order chi connectivity index (χ0) is 13.5. The maximum Gasteiger partial charge on any atom is 0.224 e. The van der Waals surface area contributed by atoms with Gasteiger partial charge < -0.3 is 10.6 Å². The van der Waals surface area contributed by atoms with Crippen LogP contribution in [0, 0.1) is 5.92 Å². The molecule has 0 aliphatic rings. The van der Waals surface area contributed by atoms with E-state index in [2.05, 4.69) is 26.6 Å². The Morgan fingerprint density at radius 1 is 1.33 bits per heavy atom. The van der Waals surface area contributed by atoms with Gasteiger partial charge in [-0.3, -0.25) is 4.79 Å². The molecule has 0 saturated carbocycles. The molecular formula is C14H21BrN2O. The molecule has 0 fully saturated rings. The van der Waals surface area contributed by atoms with Crippen LogP contribution in [-0.4, -0.2) is 19.0 Å². The van der Waals surface area contributed by atoms with Crippen LogP contribution in [-0.2, 0) is 4.79 Å². The smallest absolute Gasteiger partial charge is 0.224 e. The summed E-state index contributed by atoms with van der Waals surface area (Å²) in [7, 11) is 0. The molecule has 0 spiro atoms. The molecule has 1 aromatic rings. The van der Waals surface area contributed by atoms with Crippen molar-refractivity contribution in [1.29, 1.82) is 0 Å². The van der Waals surface area contributed by atoms with E-state index in [1.807, 2.05) is 45.0 Å². The first-order chi connectivity index (χ1) is 8.56. The van der Waals surface area contributed by atoms with Gasteiger partial charge in [-0.05, 0) is 25.1 Å². The van der Waals surface area contributed by atoms with Crippen molar-refractivity contribution in [1.82, 2.24) is 10.6 Å². The van der Waals surface area contributed by atoms with Gasteiger partial charge in [0.15, 0.2) is 0 Å². The Kier molecular flexibility index (Phi) is 6.36. The SMILES string of the molecule is CCNCC(C)C(=O)N[C@@H](C)c1ccccc1Br. The Hall–Kier alpha value is -0.870. The standard InChI is InChI=1S/C14H21BrN2O/c1-4-16-9-10(2)14(18)17-11(3)12-7-5-6-8-13(12)15/h5-8,10-11,16H,4,9H2,1-3H3,(H,17,18)/t10?,11-/m0/s1. The minimum atomic E-state index is -0.0186. The molecule has 2 atom stereocenters. The molecule has 18 heavy (non-hydrogen) atoms. The molecule has 0 radical (unpaired) electrons. The van der Waals surface area contributed by atoms with Crippen molar-refractivity contribution in [2.75, 3.05) is 13.1 Å². The third-order valence-electron chi connectivity index (χ3n) is 2.88. The average molecular weight is 313 g/mol. The number of carbonyl (C=O) groups excluding carboxylic acids is 1. The van der Waals surface area contributed by atoms with E-state index >= 15 is 0 Å².